The van der Waals surface area contributed by atoms with Crippen molar-refractivity contribution in [3.8, 4) is 0 Å². The van der Waals surface area contributed by atoms with Crippen LogP contribution in [0, 0.1) is 10.1 Å². The SMILES string of the molecule is CC1CN(C(=O)c2cc(Cl)ncc2[N+](=O)[O-])C(C)CN1. The van der Waals surface area contributed by atoms with Crippen molar-refractivity contribution >= 4 is 23.2 Å². The maximum absolute atomic E-state index is 12.5. The lowest BCUT2D eigenvalue weighted by molar-refractivity contribution is -0.385. The second-order valence-corrected chi connectivity index (χ2v) is 5.28. The average molecular weight is 299 g/mol. The number of aromatic nitrogens is 1. The highest BCUT2D eigenvalue weighted by Crippen LogP contribution is 2.23. The van der Waals surface area contributed by atoms with E-state index >= 15 is 0 Å². The van der Waals surface area contributed by atoms with Crippen LogP contribution in [0.2, 0.25) is 5.15 Å². The summed E-state index contributed by atoms with van der Waals surface area (Å²) in [5.41, 5.74) is -0.339. The minimum Gasteiger partial charge on any atom is -0.333 e. The van der Waals surface area contributed by atoms with E-state index in [1.54, 1.807) is 4.90 Å². The van der Waals surface area contributed by atoms with E-state index in [1.807, 2.05) is 13.8 Å². The molecule has 0 radical (unpaired) electrons. The molecule has 1 aromatic heterocycles. The molecule has 1 saturated heterocycles. The van der Waals surface area contributed by atoms with Gasteiger partial charge in [0.15, 0.2) is 0 Å². The molecule has 1 amide bonds. The first kappa shape index (κ1) is 14.7. The molecule has 2 atom stereocenters. The Hall–Kier alpha value is -1.73. The number of carbonyl (C=O) groups is 1. The van der Waals surface area contributed by atoms with Gasteiger partial charge in [0.1, 0.15) is 16.9 Å². The molecule has 2 rings (SSSR count). The third-order valence-electron chi connectivity index (χ3n) is 3.30. The van der Waals surface area contributed by atoms with Gasteiger partial charge in [-0.15, -0.1) is 0 Å². The fraction of sp³-hybridized carbons (Fsp3) is 0.500. The molecule has 7 nitrogen and oxygen atoms in total. The van der Waals surface area contributed by atoms with Gasteiger partial charge in [0, 0.05) is 25.2 Å². The summed E-state index contributed by atoms with van der Waals surface area (Å²) in [6, 6.07) is 1.36. The Labute approximate surface area is 121 Å². The molecule has 1 aliphatic heterocycles. The van der Waals surface area contributed by atoms with Gasteiger partial charge in [-0.05, 0) is 19.9 Å². The number of carbonyl (C=O) groups excluding carboxylic acids is 1. The standard InChI is InChI=1S/C12H15ClN4O3/c1-7-6-16(8(2)4-14-7)12(18)9-3-11(13)15-5-10(9)17(19)20/h3,5,7-8,14H,4,6H2,1-2H3. The monoisotopic (exact) mass is 298 g/mol. The van der Waals surface area contributed by atoms with Crippen LogP contribution in [0.25, 0.3) is 0 Å². The lowest BCUT2D eigenvalue weighted by Gasteiger charge is -2.37. The normalized spacial score (nSPS) is 22.6. The van der Waals surface area contributed by atoms with Crippen molar-refractivity contribution in [2.24, 2.45) is 0 Å². The number of pyridine rings is 1. The summed E-state index contributed by atoms with van der Waals surface area (Å²) in [5, 5.41) is 14.3. The number of hydrogen-bond acceptors (Lipinski definition) is 5. The lowest BCUT2D eigenvalue weighted by atomic mass is 10.1. The van der Waals surface area contributed by atoms with E-state index < -0.39 is 4.92 Å². The third-order valence-corrected chi connectivity index (χ3v) is 3.51. The summed E-state index contributed by atoms with van der Waals surface area (Å²) in [6.07, 6.45) is 1.02. The van der Waals surface area contributed by atoms with Gasteiger partial charge in [0.2, 0.25) is 0 Å². The van der Waals surface area contributed by atoms with Crippen molar-refractivity contribution in [1.82, 2.24) is 15.2 Å². The van der Waals surface area contributed by atoms with E-state index in [0.29, 0.717) is 13.1 Å². The second-order valence-electron chi connectivity index (χ2n) is 4.90. The minimum atomic E-state index is -0.618. The van der Waals surface area contributed by atoms with E-state index in [9.17, 15) is 14.9 Å². The van der Waals surface area contributed by atoms with Gasteiger partial charge in [-0.1, -0.05) is 11.6 Å². The number of nitrogens with one attached hydrogen (secondary N) is 1. The van der Waals surface area contributed by atoms with E-state index in [0.717, 1.165) is 6.20 Å². The highest BCUT2D eigenvalue weighted by molar-refractivity contribution is 6.29. The lowest BCUT2D eigenvalue weighted by Crippen LogP contribution is -2.56. The fourth-order valence-electron chi connectivity index (χ4n) is 2.20. The zero-order valence-corrected chi connectivity index (χ0v) is 11.9. The van der Waals surface area contributed by atoms with Gasteiger partial charge < -0.3 is 10.2 Å². The first-order chi connectivity index (χ1) is 9.40. The first-order valence-corrected chi connectivity index (χ1v) is 6.62. The summed E-state index contributed by atoms with van der Waals surface area (Å²) in [6.45, 7) is 5.00. The van der Waals surface area contributed by atoms with Crippen LogP contribution in [-0.4, -0.2) is 45.9 Å². The predicted molar refractivity (Wildman–Crippen MR) is 73.9 cm³/mol. The van der Waals surface area contributed by atoms with Crippen LogP contribution >= 0.6 is 11.6 Å². The molecular formula is C12H15ClN4O3. The Balaban J connectivity index is 2.37. The quantitative estimate of drug-likeness (QED) is 0.507. The van der Waals surface area contributed by atoms with Crippen molar-refractivity contribution in [2.45, 2.75) is 25.9 Å². The van der Waals surface area contributed by atoms with Crippen LogP contribution in [0.5, 0.6) is 0 Å². The van der Waals surface area contributed by atoms with Crippen LogP contribution < -0.4 is 5.32 Å². The zero-order valence-electron chi connectivity index (χ0n) is 11.2. The molecule has 0 spiro atoms. The van der Waals surface area contributed by atoms with Gasteiger partial charge in [0.05, 0.1) is 4.92 Å². The van der Waals surface area contributed by atoms with Crippen molar-refractivity contribution in [3.63, 3.8) is 0 Å². The molecule has 0 bridgehead atoms. The summed E-state index contributed by atoms with van der Waals surface area (Å²) in [5.74, 6) is -0.387. The van der Waals surface area contributed by atoms with Gasteiger partial charge in [-0.2, -0.15) is 0 Å². The minimum absolute atomic E-state index is 0.0176. The maximum atomic E-state index is 12.5. The Morgan fingerprint density at radius 1 is 1.60 bits per heavy atom. The van der Waals surface area contributed by atoms with Crippen molar-refractivity contribution in [1.29, 1.82) is 0 Å². The molecule has 2 unspecified atom stereocenters. The summed E-state index contributed by atoms with van der Waals surface area (Å²) in [7, 11) is 0. The zero-order chi connectivity index (χ0) is 14.9. The molecule has 0 aliphatic carbocycles. The summed E-state index contributed by atoms with van der Waals surface area (Å²) in [4.78, 5) is 28.2. The van der Waals surface area contributed by atoms with Gasteiger partial charge in [-0.3, -0.25) is 14.9 Å². The molecule has 1 aromatic rings. The Morgan fingerprint density at radius 3 is 2.95 bits per heavy atom. The van der Waals surface area contributed by atoms with E-state index in [4.69, 9.17) is 11.6 Å². The van der Waals surface area contributed by atoms with Gasteiger partial charge in [-0.25, -0.2) is 4.98 Å². The maximum Gasteiger partial charge on any atom is 0.300 e. The Morgan fingerprint density at radius 2 is 2.30 bits per heavy atom. The number of halogens is 1. The van der Waals surface area contributed by atoms with Crippen LogP contribution in [0.1, 0.15) is 24.2 Å². The second kappa shape index (κ2) is 5.72. The number of hydrogen-bond donors (Lipinski definition) is 1. The Kier molecular flexibility index (Phi) is 4.20. The highest BCUT2D eigenvalue weighted by Gasteiger charge is 2.31. The number of nitrogens with zero attached hydrogens (tertiary/aromatic N) is 3. The number of nitro groups is 1. The van der Waals surface area contributed by atoms with E-state index in [-0.39, 0.29) is 34.4 Å². The molecule has 0 aromatic carbocycles. The number of rotatable bonds is 2. The van der Waals surface area contributed by atoms with Crippen molar-refractivity contribution in [3.05, 3.63) is 33.1 Å². The topological polar surface area (TPSA) is 88.4 Å². The highest BCUT2D eigenvalue weighted by atomic mass is 35.5. The molecule has 0 saturated carbocycles. The number of amides is 1. The molecule has 1 fully saturated rings. The molecule has 108 valence electrons. The molecular weight excluding hydrogens is 284 g/mol. The molecule has 2 heterocycles. The smallest absolute Gasteiger partial charge is 0.300 e. The van der Waals surface area contributed by atoms with E-state index in [2.05, 4.69) is 10.3 Å². The molecule has 8 heteroatoms. The van der Waals surface area contributed by atoms with Crippen LogP contribution in [0.4, 0.5) is 5.69 Å². The third kappa shape index (κ3) is 2.88. The summed E-state index contributed by atoms with van der Waals surface area (Å²) < 4.78 is 0. The van der Waals surface area contributed by atoms with E-state index in [1.165, 1.54) is 6.07 Å². The average Bonchev–Trinajstić information content (AvgIpc) is 2.40. The summed E-state index contributed by atoms with van der Waals surface area (Å²) >= 11 is 5.75. The molecule has 1 N–H and O–H groups in total. The fourth-order valence-corrected chi connectivity index (χ4v) is 2.36. The Bertz CT molecular complexity index is 552. The largest absolute Gasteiger partial charge is 0.333 e. The van der Waals surface area contributed by atoms with Crippen LogP contribution in [0.15, 0.2) is 12.3 Å². The van der Waals surface area contributed by atoms with Crippen LogP contribution in [-0.2, 0) is 0 Å². The van der Waals surface area contributed by atoms with Gasteiger partial charge in [0.25, 0.3) is 11.6 Å². The van der Waals surface area contributed by atoms with Crippen molar-refractivity contribution < 1.29 is 9.72 Å². The number of piperazine rings is 1. The molecule has 20 heavy (non-hydrogen) atoms. The first-order valence-electron chi connectivity index (χ1n) is 6.24. The van der Waals surface area contributed by atoms with Crippen molar-refractivity contribution in [2.75, 3.05) is 13.1 Å². The van der Waals surface area contributed by atoms with Crippen LogP contribution in [0.3, 0.4) is 0 Å². The van der Waals surface area contributed by atoms with Gasteiger partial charge >= 0.3 is 0 Å². The molecule has 1 aliphatic rings. The predicted octanol–water partition coefficient (Wildman–Crippen LogP) is 1.47.